The standard InChI is InChI=1S/C18H28N4O2/c1-4-19-17(24)20-16(23)13-21-10-11-22(18(2,3)14-21)12-15-8-6-5-7-9-15/h5-9H,4,10-14H2,1-3H3,(H2,19,20,23,24). The highest BCUT2D eigenvalue weighted by molar-refractivity contribution is 5.95. The van der Waals surface area contributed by atoms with Gasteiger partial charge >= 0.3 is 6.03 Å². The number of amides is 3. The SMILES string of the molecule is CCNC(=O)NC(=O)CN1CCN(Cc2ccccc2)C(C)(C)C1. The minimum Gasteiger partial charge on any atom is -0.338 e. The fourth-order valence-electron chi connectivity index (χ4n) is 3.10. The third kappa shape index (κ3) is 5.32. The van der Waals surface area contributed by atoms with E-state index in [0.29, 0.717) is 6.54 Å². The lowest BCUT2D eigenvalue weighted by molar-refractivity contribution is -0.122. The molecule has 0 radical (unpaired) electrons. The van der Waals surface area contributed by atoms with Crippen LogP contribution in [0.15, 0.2) is 30.3 Å². The molecular weight excluding hydrogens is 304 g/mol. The maximum atomic E-state index is 12.0. The largest absolute Gasteiger partial charge is 0.338 e. The molecule has 1 aliphatic heterocycles. The summed E-state index contributed by atoms with van der Waals surface area (Å²) in [6.07, 6.45) is 0. The first-order valence-corrected chi connectivity index (χ1v) is 8.49. The van der Waals surface area contributed by atoms with Crippen molar-refractivity contribution in [3.63, 3.8) is 0 Å². The highest BCUT2D eigenvalue weighted by atomic mass is 16.2. The van der Waals surface area contributed by atoms with Crippen molar-refractivity contribution >= 4 is 11.9 Å². The van der Waals surface area contributed by atoms with Gasteiger partial charge in [0.25, 0.3) is 0 Å². The molecule has 24 heavy (non-hydrogen) atoms. The number of rotatable bonds is 5. The summed E-state index contributed by atoms with van der Waals surface area (Å²) in [5.74, 6) is -0.256. The van der Waals surface area contributed by atoms with Gasteiger partial charge in [0, 0.05) is 38.3 Å². The first kappa shape index (κ1) is 18.4. The number of nitrogens with zero attached hydrogens (tertiary/aromatic N) is 2. The molecule has 2 rings (SSSR count). The van der Waals surface area contributed by atoms with Crippen LogP contribution >= 0.6 is 0 Å². The minimum atomic E-state index is -0.426. The van der Waals surface area contributed by atoms with Crippen LogP contribution in [-0.2, 0) is 11.3 Å². The summed E-state index contributed by atoms with van der Waals surface area (Å²) in [6, 6.07) is 10.0. The zero-order chi connectivity index (χ0) is 17.6. The van der Waals surface area contributed by atoms with Gasteiger partial charge < -0.3 is 5.32 Å². The van der Waals surface area contributed by atoms with E-state index >= 15 is 0 Å². The number of carbonyl (C=O) groups is 2. The molecule has 0 aliphatic carbocycles. The van der Waals surface area contributed by atoms with Gasteiger partial charge in [-0.15, -0.1) is 0 Å². The molecule has 132 valence electrons. The van der Waals surface area contributed by atoms with Gasteiger partial charge in [-0.3, -0.25) is 19.9 Å². The molecule has 1 saturated heterocycles. The molecule has 6 heteroatoms. The van der Waals surface area contributed by atoms with Crippen molar-refractivity contribution in [2.75, 3.05) is 32.7 Å². The molecule has 3 amide bonds. The number of imide groups is 1. The predicted octanol–water partition coefficient (Wildman–Crippen LogP) is 1.43. The van der Waals surface area contributed by atoms with E-state index in [2.05, 4.69) is 58.5 Å². The zero-order valence-corrected chi connectivity index (χ0v) is 14.8. The molecule has 1 aliphatic rings. The molecular formula is C18H28N4O2. The number of carbonyl (C=O) groups excluding carboxylic acids is 2. The molecule has 1 fully saturated rings. The van der Waals surface area contributed by atoms with Gasteiger partial charge in [0.1, 0.15) is 0 Å². The summed E-state index contributed by atoms with van der Waals surface area (Å²) in [4.78, 5) is 27.9. The number of hydrogen-bond acceptors (Lipinski definition) is 4. The fourth-order valence-corrected chi connectivity index (χ4v) is 3.10. The van der Waals surface area contributed by atoms with E-state index < -0.39 is 6.03 Å². The van der Waals surface area contributed by atoms with Crippen molar-refractivity contribution in [1.29, 1.82) is 0 Å². The average Bonchev–Trinajstić information content (AvgIpc) is 2.50. The van der Waals surface area contributed by atoms with Crippen LogP contribution in [0.25, 0.3) is 0 Å². The van der Waals surface area contributed by atoms with E-state index in [0.717, 1.165) is 26.2 Å². The number of hydrogen-bond donors (Lipinski definition) is 2. The maximum absolute atomic E-state index is 12.0. The van der Waals surface area contributed by atoms with Crippen LogP contribution in [0.2, 0.25) is 0 Å². The first-order valence-electron chi connectivity index (χ1n) is 8.49. The number of urea groups is 1. The Balaban J connectivity index is 1.86. The molecule has 0 bridgehead atoms. The molecule has 1 heterocycles. The fraction of sp³-hybridized carbons (Fsp3) is 0.556. The van der Waals surface area contributed by atoms with Gasteiger partial charge in [-0.1, -0.05) is 30.3 Å². The van der Waals surface area contributed by atoms with Gasteiger partial charge in [-0.25, -0.2) is 4.79 Å². The van der Waals surface area contributed by atoms with Crippen LogP contribution < -0.4 is 10.6 Å². The lowest BCUT2D eigenvalue weighted by atomic mass is 9.97. The normalized spacial score (nSPS) is 18.1. The summed E-state index contributed by atoms with van der Waals surface area (Å²) in [5, 5.41) is 4.93. The molecule has 1 aromatic carbocycles. The molecule has 1 aromatic rings. The van der Waals surface area contributed by atoms with Crippen LogP contribution in [0.5, 0.6) is 0 Å². The Labute approximate surface area is 144 Å². The Kier molecular flexibility index (Phi) is 6.34. The van der Waals surface area contributed by atoms with Gasteiger partial charge in [0.2, 0.25) is 5.91 Å². The third-order valence-corrected chi connectivity index (χ3v) is 4.33. The minimum absolute atomic E-state index is 0.0277. The van der Waals surface area contributed by atoms with Gasteiger partial charge in [0.05, 0.1) is 6.54 Å². The highest BCUT2D eigenvalue weighted by Crippen LogP contribution is 2.23. The van der Waals surface area contributed by atoms with Crippen molar-refractivity contribution in [3.05, 3.63) is 35.9 Å². The molecule has 0 spiro atoms. The van der Waals surface area contributed by atoms with E-state index in [9.17, 15) is 9.59 Å². The molecule has 0 unspecified atom stereocenters. The average molecular weight is 332 g/mol. The summed E-state index contributed by atoms with van der Waals surface area (Å²) in [6.45, 7) is 10.4. The van der Waals surface area contributed by atoms with Crippen molar-refractivity contribution < 1.29 is 9.59 Å². The number of piperazine rings is 1. The Bertz CT molecular complexity index is 559. The van der Waals surface area contributed by atoms with Crippen LogP contribution in [0.3, 0.4) is 0 Å². The second-order valence-electron chi connectivity index (χ2n) is 6.84. The highest BCUT2D eigenvalue weighted by Gasteiger charge is 2.34. The van der Waals surface area contributed by atoms with Crippen molar-refractivity contribution in [2.45, 2.75) is 32.9 Å². The quantitative estimate of drug-likeness (QED) is 0.856. The summed E-state index contributed by atoms with van der Waals surface area (Å²) < 4.78 is 0. The van der Waals surface area contributed by atoms with Crippen LogP contribution in [0.4, 0.5) is 4.79 Å². The van der Waals surface area contributed by atoms with E-state index in [1.807, 2.05) is 13.0 Å². The molecule has 2 N–H and O–H groups in total. The lowest BCUT2D eigenvalue weighted by Gasteiger charge is -2.47. The summed E-state index contributed by atoms with van der Waals surface area (Å²) in [7, 11) is 0. The Morgan fingerprint density at radius 1 is 1.17 bits per heavy atom. The molecule has 0 saturated carbocycles. The molecule has 0 atom stereocenters. The summed E-state index contributed by atoms with van der Waals surface area (Å²) >= 11 is 0. The topological polar surface area (TPSA) is 64.7 Å². The van der Waals surface area contributed by atoms with Crippen LogP contribution in [0.1, 0.15) is 26.3 Å². The van der Waals surface area contributed by atoms with Crippen molar-refractivity contribution in [2.24, 2.45) is 0 Å². The Hall–Kier alpha value is -1.92. The van der Waals surface area contributed by atoms with E-state index in [4.69, 9.17) is 0 Å². The third-order valence-electron chi connectivity index (χ3n) is 4.33. The van der Waals surface area contributed by atoms with Gasteiger partial charge in [-0.05, 0) is 26.3 Å². The van der Waals surface area contributed by atoms with E-state index in [-0.39, 0.29) is 18.0 Å². The predicted molar refractivity (Wildman–Crippen MR) is 94.6 cm³/mol. The smallest absolute Gasteiger partial charge is 0.321 e. The monoisotopic (exact) mass is 332 g/mol. The summed E-state index contributed by atoms with van der Waals surface area (Å²) in [5.41, 5.74) is 1.27. The Morgan fingerprint density at radius 2 is 1.88 bits per heavy atom. The zero-order valence-electron chi connectivity index (χ0n) is 14.8. The lowest BCUT2D eigenvalue weighted by Crippen LogP contribution is -2.60. The van der Waals surface area contributed by atoms with Crippen molar-refractivity contribution in [3.8, 4) is 0 Å². The second-order valence-corrected chi connectivity index (χ2v) is 6.84. The number of benzene rings is 1. The van der Waals surface area contributed by atoms with E-state index in [1.165, 1.54) is 5.56 Å². The molecule has 6 nitrogen and oxygen atoms in total. The number of nitrogens with one attached hydrogen (secondary N) is 2. The van der Waals surface area contributed by atoms with Gasteiger partial charge in [0.15, 0.2) is 0 Å². The van der Waals surface area contributed by atoms with Crippen LogP contribution in [0, 0.1) is 0 Å². The van der Waals surface area contributed by atoms with E-state index in [1.54, 1.807) is 0 Å². The van der Waals surface area contributed by atoms with Crippen molar-refractivity contribution in [1.82, 2.24) is 20.4 Å². The maximum Gasteiger partial charge on any atom is 0.321 e. The Morgan fingerprint density at radius 3 is 2.50 bits per heavy atom. The van der Waals surface area contributed by atoms with Crippen LogP contribution in [-0.4, -0.2) is 60.0 Å². The first-order chi connectivity index (χ1) is 11.4. The second kappa shape index (κ2) is 8.26. The molecule has 0 aromatic heterocycles. The van der Waals surface area contributed by atoms with Gasteiger partial charge in [-0.2, -0.15) is 0 Å².